The number of para-hydroxylation sites is 1. The molecule has 0 radical (unpaired) electrons. The number of nitrogens with one attached hydrogen (secondary N) is 2. The van der Waals surface area contributed by atoms with Crippen LogP contribution in [-0.2, 0) is 16.8 Å². The number of anilines is 1. The molecule has 3 aromatic rings. The number of hydrogen-bond acceptors (Lipinski definition) is 2. The lowest BCUT2D eigenvalue weighted by Crippen LogP contribution is -2.45. The highest BCUT2D eigenvalue weighted by Gasteiger charge is 2.40. The van der Waals surface area contributed by atoms with Gasteiger partial charge in [-0.05, 0) is 49.1 Å². The second kappa shape index (κ2) is 8.40. The van der Waals surface area contributed by atoms with Crippen LogP contribution in [0.4, 0.5) is 5.82 Å². The zero-order valence-corrected chi connectivity index (χ0v) is 19.4. The smallest absolute Gasteiger partial charge is 0.231 e. The second-order valence-electron chi connectivity index (χ2n) is 10.6. The van der Waals surface area contributed by atoms with Crippen molar-refractivity contribution in [3.8, 4) is 0 Å². The van der Waals surface area contributed by atoms with E-state index in [-0.39, 0.29) is 16.7 Å². The highest BCUT2D eigenvalue weighted by Crippen LogP contribution is 2.42. The molecule has 1 amide bonds. The molecule has 5 rings (SSSR count). The molecule has 0 unspecified atom stereocenters. The van der Waals surface area contributed by atoms with Crippen LogP contribution in [0, 0.1) is 5.41 Å². The Balaban J connectivity index is 1.31. The molecule has 0 saturated heterocycles. The molecule has 1 aliphatic heterocycles. The van der Waals surface area contributed by atoms with Gasteiger partial charge in [0.1, 0.15) is 5.82 Å². The summed E-state index contributed by atoms with van der Waals surface area (Å²) >= 11 is 0. The van der Waals surface area contributed by atoms with E-state index in [4.69, 9.17) is 0 Å². The van der Waals surface area contributed by atoms with E-state index >= 15 is 0 Å². The van der Waals surface area contributed by atoms with Gasteiger partial charge in [-0.3, -0.25) is 9.69 Å². The van der Waals surface area contributed by atoms with Gasteiger partial charge in [0, 0.05) is 29.4 Å². The molecule has 0 atom stereocenters. The molecule has 1 saturated carbocycles. The van der Waals surface area contributed by atoms with E-state index in [9.17, 15) is 4.79 Å². The molecule has 2 N–H and O–H groups in total. The van der Waals surface area contributed by atoms with Crippen molar-refractivity contribution in [3.63, 3.8) is 0 Å². The Labute approximate surface area is 191 Å². The summed E-state index contributed by atoms with van der Waals surface area (Å²) in [5, 5.41) is 4.38. The van der Waals surface area contributed by atoms with Gasteiger partial charge in [0.15, 0.2) is 0 Å². The Bertz CT molecular complexity index is 1070. The summed E-state index contributed by atoms with van der Waals surface area (Å²) in [5.74, 6) is 1.01. The normalized spacial score (nSPS) is 20.1. The fourth-order valence-electron chi connectivity index (χ4n) is 6.00. The molecule has 1 aromatic heterocycles. The maximum atomic E-state index is 13.6. The van der Waals surface area contributed by atoms with E-state index in [1.807, 2.05) is 18.2 Å². The van der Waals surface area contributed by atoms with E-state index in [1.165, 1.54) is 17.5 Å². The number of rotatable bonds is 5. The molecule has 4 nitrogen and oxygen atoms in total. The first kappa shape index (κ1) is 21.3. The van der Waals surface area contributed by atoms with Crippen molar-refractivity contribution in [1.29, 1.82) is 0 Å². The minimum atomic E-state index is -0.267. The van der Waals surface area contributed by atoms with Gasteiger partial charge in [0.25, 0.3) is 0 Å². The lowest BCUT2D eigenvalue weighted by atomic mass is 9.70. The average Bonchev–Trinajstić information content (AvgIpc) is 3.20. The topological polar surface area (TPSA) is 48.1 Å². The quantitative estimate of drug-likeness (QED) is 0.504. The lowest BCUT2D eigenvalue weighted by Gasteiger charge is -2.42. The van der Waals surface area contributed by atoms with Crippen LogP contribution in [-0.4, -0.2) is 28.9 Å². The van der Waals surface area contributed by atoms with Crippen molar-refractivity contribution in [2.75, 3.05) is 18.4 Å². The minimum Gasteiger partial charge on any atom is -0.341 e. The third kappa shape index (κ3) is 4.09. The number of nitrogens with zero attached hydrogens (tertiary/aromatic N) is 1. The molecule has 0 bridgehead atoms. The zero-order valence-electron chi connectivity index (χ0n) is 19.4. The van der Waals surface area contributed by atoms with Crippen molar-refractivity contribution in [3.05, 3.63) is 65.7 Å². The van der Waals surface area contributed by atoms with Gasteiger partial charge in [-0.2, -0.15) is 0 Å². The van der Waals surface area contributed by atoms with Crippen LogP contribution in [0.25, 0.3) is 10.9 Å². The Morgan fingerprint density at radius 2 is 1.78 bits per heavy atom. The van der Waals surface area contributed by atoms with Gasteiger partial charge >= 0.3 is 0 Å². The van der Waals surface area contributed by atoms with Crippen LogP contribution in [0.2, 0.25) is 0 Å². The zero-order chi connectivity index (χ0) is 22.2. The first-order valence-corrected chi connectivity index (χ1v) is 12.2. The van der Waals surface area contributed by atoms with Crippen LogP contribution in [0.5, 0.6) is 0 Å². The van der Waals surface area contributed by atoms with E-state index in [2.05, 4.69) is 65.4 Å². The first-order valence-electron chi connectivity index (χ1n) is 12.2. The molecule has 32 heavy (non-hydrogen) atoms. The highest BCUT2D eigenvalue weighted by atomic mass is 16.2. The molecule has 2 aliphatic rings. The SMILES string of the molecule is CC1(C)CN(CCC2(C(=O)Nc3cc4ccccc4[nH]3)CCCCC2)Cc2ccccc21. The van der Waals surface area contributed by atoms with Crippen LogP contribution >= 0.6 is 0 Å². The van der Waals surface area contributed by atoms with Gasteiger partial charge in [0.2, 0.25) is 5.91 Å². The molecule has 2 aromatic carbocycles. The predicted octanol–water partition coefficient (Wildman–Crippen LogP) is 6.24. The summed E-state index contributed by atoms with van der Waals surface area (Å²) in [6.45, 7) is 7.69. The van der Waals surface area contributed by atoms with Crippen LogP contribution < -0.4 is 5.32 Å². The molecule has 168 valence electrons. The molecule has 2 heterocycles. The van der Waals surface area contributed by atoms with Crippen LogP contribution in [0.3, 0.4) is 0 Å². The largest absolute Gasteiger partial charge is 0.341 e. The van der Waals surface area contributed by atoms with Crippen molar-refractivity contribution in [1.82, 2.24) is 9.88 Å². The predicted molar refractivity (Wildman–Crippen MR) is 132 cm³/mol. The monoisotopic (exact) mass is 429 g/mol. The van der Waals surface area contributed by atoms with Gasteiger partial charge in [-0.1, -0.05) is 75.6 Å². The summed E-state index contributed by atoms with van der Waals surface area (Å²) in [6, 6.07) is 19.1. The molecular formula is C28H35N3O. The van der Waals surface area contributed by atoms with Gasteiger partial charge < -0.3 is 10.3 Å². The van der Waals surface area contributed by atoms with E-state index < -0.39 is 0 Å². The Morgan fingerprint density at radius 3 is 2.59 bits per heavy atom. The van der Waals surface area contributed by atoms with E-state index in [0.717, 1.165) is 68.5 Å². The average molecular weight is 430 g/mol. The lowest BCUT2D eigenvalue weighted by molar-refractivity contribution is -0.128. The third-order valence-electron chi connectivity index (χ3n) is 7.74. The summed E-state index contributed by atoms with van der Waals surface area (Å²) in [5.41, 5.74) is 3.84. The molecule has 1 fully saturated rings. The number of aromatic amines is 1. The number of fused-ring (bicyclic) bond motifs is 2. The van der Waals surface area contributed by atoms with Crippen LogP contribution in [0.15, 0.2) is 54.6 Å². The van der Waals surface area contributed by atoms with Crippen molar-refractivity contribution < 1.29 is 4.79 Å². The Morgan fingerprint density at radius 1 is 1.03 bits per heavy atom. The maximum Gasteiger partial charge on any atom is 0.231 e. The number of carbonyl (C=O) groups excluding carboxylic acids is 1. The molecule has 4 heteroatoms. The van der Waals surface area contributed by atoms with Crippen molar-refractivity contribution >= 4 is 22.6 Å². The number of benzene rings is 2. The fraction of sp³-hybridized carbons (Fsp3) is 0.464. The first-order chi connectivity index (χ1) is 15.5. The molecular weight excluding hydrogens is 394 g/mol. The summed E-state index contributed by atoms with van der Waals surface area (Å²) in [6.07, 6.45) is 6.45. The number of amides is 1. The van der Waals surface area contributed by atoms with Crippen molar-refractivity contribution in [2.24, 2.45) is 5.41 Å². The van der Waals surface area contributed by atoms with E-state index in [1.54, 1.807) is 0 Å². The second-order valence-corrected chi connectivity index (χ2v) is 10.6. The standard InChI is InChI=1S/C28H35N3O/c1-27(2)20-31(19-22-11-4-6-12-23(22)27)17-16-28(14-8-3-9-15-28)26(32)30-25-18-21-10-5-7-13-24(21)29-25/h4-7,10-13,18,29H,3,8-9,14-17,19-20H2,1-2H3,(H,30,32). The number of H-pyrrole nitrogens is 1. The maximum absolute atomic E-state index is 13.6. The Hall–Kier alpha value is -2.59. The number of aromatic nitrogens is 1. The highest BCUT2D eigenvalue weighted by molar-refractivity contribution is 5.97. The minimum absolute atomic E-state index is 0.140. The third-order valence-corrected chi connectivity index (χ3v) is 7.74. The van der Waals surface area contributed by atoms with Gasteiger partial charge in [-0.15, -0.1) is 0 Å². The number of carbonyl (C=O) groups is 1. The summed E-state index contributed by atoms with van der Waals surface area (Å²) in [4.78, 5) is 19.5. The Kier molecular flexibility index (Phi) is 5.58. The number of hydrogen-bond donors (Lipinski definition) is 2. The van der Waals surface area contributed by atoms with E-state index in [0.29, 0.717) is 0 Å². The summed E-state index contributed by atoms with van der Waals surface area (Å²) in [7, 11) is 0. The summed E-state index contributed by atoms with van der Waals surface area (Å²) < 4.78 is 0. The molecule has 0 spiro atoms. The fourth-order valence-corrected chi connectivity index (χ4v) is 6.00. The van der Waals surface area contributed by atoms with Crippen molar-refractivity contribution in [2.45, 2.75) is 64.3 Å². The van der Waals surface area contributed by atoms with Gasteiger partial charge in [0.05, 0.1) is 5.41 Å². The van der Waals surface area contributed by atoms with Crippen LogP contribution in [0.1, 0.15) is 63.5 Å². The van der Waals surface area contributed by atoms with Gasteiger partial charge in [-0.25, -0.2) is 0 Å². The molecule has 1 aliphatic carbocycles.